The van der Waals surface area contributed by atoms with Gasteiger partial charge in [-0.1, -0.05) is 24.3 Å². The number of aryl methyl sites for hydroxylation is 1. The van der Waals surface area contributed by atoms with Crippen molar-refractivity contribution in [3.63, 3.8) is 0 Å². The fourth-order valence-electron chi connectivity index (χ4n) is 3.01. The van der Waals surface area contributed by atoms with Gasteiger partial charge < -0.3 is 19.4 Å². The lowest BCUT2D eigenvalue weighted by molar-refractivity contribution is -0.121. The van der Waals surface area contributed by atoms with E-state index in [1.807, 2.05) is 66.9 Å². The fourth-order valence-corrected chi connectivity index (χ4v) is 3.01. The minimum Gasteiger partial charge on any atom is -0.486 e. The standard InChI is InChI=1S/C22H27N3O3/c1-3-27-13-7-12-23-22(26)15-25-20-11-5-4-10-19(20)24-21(25)16-28-18-9-6-8-17(2)14-18/h4-6,8-11,14H,3,7,12-13,15-16H2,1-2H3,(H,23,26). The summed E-state index contributed by atoms with van der Waals surface area (Å²) in [6, 6.07) is 15.7. The third-order valence-electron chi connectivity index (χ3n) is 4.38. The molecule has 1 N–H and O–H groups in total. The Morgan fingerprint density at radius 1 is 1.18 bits per heavy atom. The second kappa shape index (κ2) is 9.90. The van der Waals surface area contributed by atoms with E-state index in [4.69, 9.17) is 9.47 Å². The molecule has 3 aromatic rings. The molecule has 1 heterocycles. The molecule has 0 saturated heterocycles. The number of hydrogen-bond acceptors (Lipinski definition) is 4. The van der Waals surface area contributed by atoms with Gasteiger partial charge in [0.1, 0.15) is 24.7 Å². The maximum absolute atomic E-state index is 12.4. The third-order valence-corrected chi connectivity index (χ3v) is 4.38. The number of carbonyl (C=O) groups excluding carboxylic acids is 1. The predicted octanol–water partition coefficient (Wildman–Crippen LogP) is 3.47. The van der Waals surface area contributed by atoms with Gasteiger partial charge in [0.05, 0.1) is 11.0 Å². The molecule has 0 unspecified atom stereocenters. The summed E-state index contributed by atoms with van der Waals surface area (Å²) in [4.78, 5) is 17.1. The van der Waals surface area contributed by atoms with Crippen LogP contribution in [-0.2, 0) is 22.7 Å². The summed E-state index contributed by atoms with van der Waals surface area (Å²) in [7, 11) is 0. The molecule has 0 aliphatic heterocycles. The molecular formula is C22H27N3O3. The lowest BCUT2D eigenvalue weighted by Crippen LogP contribution is -2.29. The first kappa shape index (κ1) is 19.9. The van der Waals surface area contributed by atoms with E-state index in [0.717, 1.165) is 34.6 Å². The van der Waals surface area contributed by atoms with E-state index in [2.05, 4.69) is 10.3 Å². The summed E-state index contributed by atoms with van der Waals surface area (Å²) < 4.78 is 13.1. The van der Waals surface area contributed by atoms with Crippen LogP contribution in [-0.4, -0.2) is 35.2 Å². The van der Waals surface area contributed by atoms with Crippen LogP contribution >= 0.6 is 0 Å². The zero-order valence-corrected chi connectivity index (χ0v) is 16.5. The molecule has 0 atom stereocenters. The second-order valence-corrected chi connectivity index (χ2v) is 6.61. The molecule has 28 heavy (non-hydrogen) atoms. The van der Waals surface area contributed by atoms with Crippen LogP contribution in [0.25, 0.3) is 11.0 Å². The number of imidazole rings is 1. The van der Waals surface area contributed by atoms with Gasteiger partial charge in [-0.3, -0.25) is 4.79 Å². The maximum atomic E-state index is 12.4. The van der Waals surface area contributed by atoms with Crippen molar-refractivity contribution in [3.05, 3.63) is 59.9 Å². The number of amides is 1. The Labute approximate surface area is 165 Å². The number of rotatable bonds is 10. The predicted molar refractivity (Wildman–Crippen MR) is 109 cm³/mol. The minimum atomic E-state index is -0.0449. The normalized spacial score (nSPS) is 10.9. The Bertz CT molecular complexity index is 920. The van der Waals surface area contributed by atoms with Crippen molar-refractivity contribution >= 4 is 16.9 Å². The molecule has 148 valence electrons. The van der Waals surface area contributed by atoms with Gasteiger partial charge in [0.25, 0.3) is 0 Å². The summed E-state index contributed by atoms with van der Waals surface area (Å²) >= 11 is 0. The number of nitrogens with zero attached hydrogens (tertiary/aromatic N) is 2. The zero-order chi connectivity index (χ0) is 19.8. The number of hydrogen-bond donors (Lipinski definition) is 1. The number of ether oxygens (including phenoxy) is 2. The van der Waals surface area contributed by atoms with E-state index in [0.29, 0.717) is 26.4 Å². The summed E-state index contributed by atoms with van der Waals surface area (Å²) in [5.74, 6) is 1.47. The average Bonchev–Trinajstić information content (AvgIpc) is 3.04. The van der Waals surface area contributed by atoms with Crippen LogP contribution in [0.15, 0.2) is 48.5 Å². The van der Waals surface area contributed by atoms with Crippen LogP contribution in [0.2, 0.25) is 0 Å². The van der Waals surface area contributed by atoms with Crippen molar-refractivity contribution < 1.29 is 14.3 Å². The molecule has 0 aliphatic carbocycles. The van der Waals surface area contributed by atoms with Crippen molar-refractivity contribution in [3.8, 4) is 5.75 Å². The second-order valence-electron chi connectivity index (χ2n) is 6.61. The highest BCUT2D eigenvalue weighted by Crippen LogP contribution is 2.19. The molecule has 0 saturated carbocycles. The first-order chi connectivity index (χ1) is 13.7. The largest absolute Gasteiger partial charge is 0.486 e. The van der Waals surface area contributed by atoms with Crippen LogP contribution in [0, 0.1) is 6.92 Å². The Morgan fingerprint density at radius 2 is 2.04 bits per heavy atom. The van der Waals surface area contributed by atoms with Crippen LogP contribution in [0.1, 0.15) is 24.7 Å². The molecule has 0 spiro atoms. The van der Waals surface area contributed by atoms with Gasteiger partial charge in [-0.15, -0.1) is 0 Å². The Hall–Kier alpha value is -2.86. The van der Waals surface area contributed by atoms with E-state index in [1.165, 1.54) is 0 Å². The summed E-state index contributed by atoms with van der Waals surface area (Å²) in [5, 5.41) is 2.94. The number of nitrogens with one attached hydrogen (secondary N) is 1. The van der Waals surface area contributed by atoms with Gasteiger partial charge in [-0.2, -0.15) is 0 Å². The molecule has 1 amide bonds. The molecule has 0 aliphatic rings. The highest BCUT2D eigenvalue weighted by Gasteiger charge is 2.14. The van der Waals surface area contributed by atoms with Crippen LogP contribution < -0.4 is 10.1 Å². The quantitative estimate of drug-likeness (QED) is 0.546. The van der Waals surface area contributed by atoms with E-state index >= 15 is 0 Å². The maximum Gasteiger partial charge on any atom is 0.240 e. The SMILES string of the molecule is CCOCCCNC(=O)Cn1c(COc2cccc(C)c2)nc2ccccc21. The zero-order valence-electron chi connectivity index (χ0n) is 16.5. The van der Waals surface area contributed by atoms with Gasteiger partial charge in [0.2, 0.25) is 5.91 Å². The fraction of sp³-hybridized carbons (Fsp3) is 0.364. The number of benzene rings is 2. The van der Waals surface area contributed by atoms with Crippen LogP contribution in [0.5, 0.6) is 5.75 Å². The van der Waals surface area contributed by atoms with Gasteiger partial charge in [0, 0.05) is 19.8 Å². The first-order valence-corrected chi connectivity index (χ1v) is 9.65. The summed E-state index contributed by atoms with van der Waals surface area (Å²) in [6.07, 6.45) is 0.799. The number of para-hydroxylation sites is 2. The molecule has 0 bridgehead atoms. The molecule has 0 radical (unpaired) electrons. The van der Waals surface area contributed by atoms with Gasteiger partial charge >= 0.3 is 0 Å². The monoisotopic (exact) mass is 381 g/mol. The molecule has 2 aromatic carbocycles. The smallest absolute Gasteiger partial charge is 0.240 e. The van der Waals surface area contributed by atoms with Gasteiger partial charge in [0.15, 0.2) is 0 Å². The molecule has 6 nitrogen and oxygen atoms in total. The Morgan fingerprint density at radius 3 is 2.86 bits per heavy atom. The number of carbonyl (C=O) groups is 1. The minimum absolute atomic E-state index is 0.0449. The average molecular weight is 381 g/mol. The molecule has 3 rings (SSSR count). The lowest BCUT2D eigenvalue weighted by Gasteiger charge is -2.11. The third kappa shape index (κ3) is 5.33. The highest BCUT2D eigenvalue weighted by molar-refractivity contribution is 5.81. The Balaban J connectivity index is 1.69. The topological polar surface area (TPSA) is 65.4 Å². The Kier molecular flexibility index (Phi) is 7.03. The van der Waals surface area contributed by atoms with Gasteiger partial charge in [-0.05, 0) is 50.1 Å². The van der Waals surface area contributed by atoms with E-state index in [9.17, 15) is 4.79 Å². The molecule has 1 aromatic heterocycles. The highest BCUT2D eigenvalue weighted by atomic mass is 16.5. The number of fused-ring (bicyclic) bond motifs is 1. The number of aromatic nitrogens is 2. The van der Waals surface area contributed by atoms with E-state index < -0.39 is 0 Å². The molecule has 0 fully saturated rings. The first-order valence-electron chi connectivity index (χ1n) is 9.65. The summed E-state index contributed by atoms with van der Waals surface area (Å²) in [5.41, 5.74) is 2.92. The van der Waals surface area contributed by atoms with E-state index in [1.54, 1.807) is 0 Å². The molecule has 6 heteroatoms. The molecular weight excluding hydrogens is 354 g/mol. The van der Waals surface area contributed by atoms with Crippen molar-refractivity contribution in [1.29, 1.82) is 0 Å². The van der Waals surface area contributed by atoms with Crippen molar-refractivity contribution in [2.75, 3.05) is 19.8 Å². The summed E-state index contributed by atoms with van der Waals surface area (Å²) in [6.45, 7) is 6.44. The van der Waals surface area contributed by atoms with Crippen LogP contribution in [0.3, 0.4) is 0 Å². The van der Waals surface area contributed by atoms with Crippen molar-refractivity contribution in [2.45, 2.75) is 33.4 Å². The van der Waals surface area contributed by atoms with Crippen LogP contribution in [0.4, 0.5) is 0 Å². The van der Waals surface area contributed by atoms with Crippen molar-refractivity contribution in [2.24, 2.45) is 0 Å². The van der Waals surface area contributed by atoms with Crippen molar-refractivity contribution in [1.82, 2.24) is 14.9 Å². The van der Waals surface area contributed by atoms with E-state index in [-0.39, 0.29) is 12.5 Å². The lowest BCUT2D eigenvalue weighted by atomic mass is 10.2. The van der Waals surface area contributed by atoms with Gasteiger partial charge in [-0.25, -0.2) is 4.98 Å².